The summed E-state index contributed by atoms with van der Waals surface area (Å²) >= 11 is 0. The molecule has 0 bridgehead atoms. The van der Waals surface area contributed by atoms with Gasteiger partial charge in [-0.3, -0.25) is 34.3 Å². The number of phosphoric acid groups is 1. The van der Waals surface area contributed by atoms with Crippen LogP contribution < -0.4 is 20.5 Å². The molecule has 2 aromatic rings. The summed E-state index contributed by atoms with van der Waals surface area (Å²) in [6.45, 7) is 4.95. The number of carboxylic acids is 1. The van der Waals surface area contributed by atoms with Crippen molar-refractivity contribution in [1.82, 2.24) is 15.5 Å². The van der Waals surface area contributed by atoms with Gasteiger partial charge in [0, 0.05) is 43.8 Å². The SMILES string of the molecule is CCCCCN(CCCCC)C(=O)[C@H](CCC(=O)O)NC(=O)[C@H](Cc1ccc(OP(=O)(O)O)cc1)NC(=O)Nc1ccc([N+](=O)[O-])cc1. The largest absolute Gasteiger partial charge is 0.524 e. The summed E-state index contributed by atoms with van der Waals surface area (Å²) in [4.78, 5) is 82.1. The van der Waals surface area contributed by atoms with E-state index in [0.717, 1.165) is 38.5 Å². The fraction of sp³-hybridized carbons (Fsp3) is 0.484. The fourth-order valence-corrected chi connectivity index (χ4v) is 5.11. The second-order valence-electron chi connectivity index (χ2n) is 11.1. The van der Waals surface area contributed by atoms with E-state index in [9.17, 15) is 39.0 Å². The molecule has 264 valence electrons. The second-order valence-corrected chi connectivity index (χ2v) is 12.3. The maximum atomic E-state index is 13.7. The lowest BCUT2D eigenvalue weighted by Gasteiger charge is -2.29. The molecule has 0 saturated heterocycles. The summed E-state index contributed by atoms with van der Waals surface area (Å²) in [6, 6.07) is 7.02. The second kappa shape index (κ2) is 20.0. The van der Waals surface area contributed by atoms with Gasteiger partial charge in [0.15, 0.2) is 0 Å². The van der Waals surface area contributed by atoms with E-state index < -0.39 is 55.1 Å². The molecule has 0 aliphatic rings. The van der Waals surface area contributed by atoms with Crippen molar-refractivity contribution in [1.29, 1.82) is 0 Å². The van der Waals surface area contributed by atoms with Crippen molar-refractivity contribution in [2.75, 3.05) is 18.4 Å². The number of nitro benzene ring substituents is 1. The Bertz CT molecular complexity index is 1410. The maximum Gasteiger partial charge on any atom is 0.524 e. The molecule has 0 aliphatic heterocycles. The highest BCUT2D eigenvalue weighted by Gasteiger charge is 2.30. The van der Waals surface area contributed by atoms with Gasteiger partial charge in [-0.25, -0.2) is 9.36 Å². The Hall–Kier alpha value is -4.53. The topological polar surface area (TPSA) is 238 Å². The zero-order valence-electron chi connectivity index (χ0n) is 27.0. The fourth-order valence-electron chi connectivity index (χ4n) is 4.72. The molecule has 2 atom stereocenters. The monoisotopic (exact) mass is 693 g/mol. The Balaban J connectivity index is 2.34. The molecule has 0 aromatic heterocycles. The van der Waals surface area contributed by atoms with E-state index in [2.05, 4.69) is 20.5 Å². The number of phosphoric ester groups is 1. The van der Waals surface area contributed by atoms with E-state index in [1.807, 2.05) is 13.8 Å². The standard InChI is InChI=1S/C31H44N5O11P/c1-3-5-7-19-35(20-8-6-4-2)30(40)26(17-18-28(37)38)33-29(39)27(21-22-9-15-25(16-10-22)47-48(44,45)46)34-31(41)32-23-11-13-24(14-12-23)36(42)43/h9-16,26-27H,3-8,17-21H2,1-2H3,(H,33,39)(H,37,38)(H2,32,34,41)(H2,44,45,46)/t26-,27-/m0/s1. The number of carboxylic acid groups (broad SMARTS) is 1. The van der Waals surface area contributed by atoms with Gasteiger partial charge in [0.25, 0.3) is 5.69 Å². The van der Waals surface area contributed by atoms with E-state index in [-0.39, 0.29) is 30.0 Å². The average Bonchev–Trinajstić information content (AvgIpc) is 3.02. The van der Waals surface area contributed by atoms with Crippen LogP contribution in [0.4, 0.5) is 16.2 Å². The molecule has 6 N–H and O–H groups in total. The van der Waals surface area contributed by atoms with Crippen LogP contribution in [0.2, 0.25) is 0 Å². The van der Waals surface area contributed by atoms with E-state index in [1.54, 1.807) is 4.90 Å². The van der Waals surface area contributed by atoms with E-state index in [0.29, 0.717) is 18.7 Å². The molecule has 2 aromatic carbocycles. The van der Waals surface area contributed by atoms with Crippen LogP contribution in [0.1, 0.15) is 70.8 Å². The number of nitrogens with one attached hydrogen (secondary N) is 3. The van der Waals surface area contributed by atoms with Crippen LogP contribution in [0.15, 0.2) is 48.5 Å². The van der Waals surface area contributed by atoms with Gasteiger partial charge in [0.05, 0.1) is 4.92 Å². The number of nitro groups is 1. The number of hydrogen-bond donors (Lipinski definition) is 6. The summed E-state index contributed by atoms with van der Waals surface area (Å²) in [6.07, 6.45) is 4.38. The van der Waals surface area contributed by atoms with E-state index >= 15 is 0 Å². The lowest BCUT2D eigenvalue weighted by Crippen LogP contribution is -2.55. The van der Waals surface area contributed by atoms with Gasteiger partial charge in [0.2, 0.25) is 11.8 Å². The minimum atomic E-state index is -4.82. The molecule has 0 fully saturated rings. The number of nitrogens with zero attached hydrogens (tertiary/aromatic N) is 2. The number of unbranched alkanes of at least 4 members (excludes halogenated alkanes) is 4. The van der Waals surface area contributed by atoms with Crippen LogP contribution >= 0.6 is 7.82 Å². The smallest absolute Gasteiger partial charge is 0.481 e. The van der Waals surface area contributed by atoms with Gasteiger partial charge in [-0.1, -0.05) is 51.7 Å². The van der Waals surface area contributed by atoms with Crippen molar-refractivity contribution in [2.45, 2.75) is 83.7 Å². The normalized spacial score (nSPS) is 12.3. The first-order valence-corrected chi connectivity index (χ1v) is 17.2. The van der Waals surface area contributed by atoms with Gasteiger partial charge in [-0.15, -0.1) is 0 Å². The number of urea groups is 1. The zero-order chi connectivity index (χ0) is 35.7. The van der Waals surface area contributed by atoms with Gasteiger partial charge >= 0.3 is 19.8 Å². The Labute approximate surface area is 278 Å². The van der Waals surface area contributed by atoms with Crippen LogP contribution in [0.25, 0.3) is 0 Å². The zero-order valence-corrected chi connectivity index (χ0v) is 27.9. The summed E-state index contributed by atoms with van der Waals surface area (Å²) in [5.41, 5.74) is 0.443. The van der Waals surface area contributed by atoms with Gasteiger partial charge in [0.1, 0.15) is 17.8 Å². The first kappa shape index (κ1) is 39.6. The van der Waals surface area contributed by atoms with Gasteiger partial charge in [-0.2, -0.15) is 0 Å². The summed E-state index contributed by atoms with van der Waals surface area (Å²) in [7, 11) is -4.82. The van der Waals surface area contributed by atoms with Crippen LogP contribution in [0.3, 0.4) is 0 Å². The quantitative estimate of drug-likeness (QED) is 0.0465. The molecule has 16 nitrogen and oxygen atoms in total. The van der Waals surface area contributed by atoms with Crippen molar-refractivity contribution in [3.05, 3.63) is 64.2 Å². The number of non-ortho nitro benzene ring substituents is 1. The number of aliphatic carboxylic acids is 1. The highest BCUT2D eigenvalue weighted by molar-refractivity contribution is 7.46. The molecule has 0 spiro atoms. The lowest BCUT2D eigenvalue weighted by atomic mass is 10.0. The minimum Gasteiger partial charge on any atom is -0.481 e. The molecular formula is C31H44N5O11P. The molecule has 0 heterocycles. The third kappa shape index (κ3) is 14.9. The summed E-state index contributed by atoms with van der Waals surface area (Å²) in [5, 5.41) is 28.0. The lowest BCUT2D eigenvalue weighted by molar-refractivity contribution is -0.384. The van der Waals surface area contributed by atoms with Crippen molar-refractivity contribution in [3.8, 4) is 5.75 Å². The van der Waals surface area contributed by atoms with Crippen molar-refractivity contribution in [2.24, 2.45) is 0 Å². The molecule has 0 aliphatic carbocycles. The van der Waals surface area contributed by atoms with Crippen LogP contribution in [-0.2, 0) is 25.4 Å². The molecular weight excluding hydrogens is 649 g/mol. The van der Waals surface area contributed by atoms with E-state index in [1.165, 1.54) is 48.5 Å². The molecule has 0 saturated carbocycles. The molecule has 0 radical (unpaired) electrons. The Kier molecular flexibility index (Phi) is 16.5. The number of carbonyl (C=O) groups is 4. The minimum absolute atomic E-state index is 0.137. The Morgan fingerprint density at radius 3 is 1.98 bits per heavy atom. The maximum absolute atomic E-state index is 13.7. The number of rotatable bonds is 21. The number of anilines is 1. The first-order chi connectivity index (χ1) is 22.7. The van der Waals surface area contributed by atoms with Crippen LogP contribution in [0.5, 0.6) is 5.75 Å². The molecule has 0 unspecified atom stereocenters. The molecule has 48 heavy (non-hydrogen) atoms. The van der Waals surface area contributed by atoms with Gasteiger partial charge in [-0.05, 0) is 49.1 Å². The van der Waals surface area contributed by atoms with Crippen LogP contribution in [0, 0.1) is 10.1 Å². The summed E-state index contributed by atoms with van der Waals surface area (Å²) in [5.74, 6) is -2.50. The number of benzene rings is 2. The first-order valence-electron chi connectivity index (χ1n) is 15.7. The molecule has 2 rings (SSSR count). The average molecular weight is 694 g/mol. The highest BCUT2D eigenvalue weighted by Crippen LogP contribution is 2.37. The van der Waals surface area contributed by atoms with Crippen molar-refractivity contribution < 1.29 is 48.1 Å². The van der Waals surface area contributed by atoms with Crippen LogP contribution in [-0.4, -0.2) is 73.7 Å². The third-order valence-electron chi connectivity index (χ3n) is 7.18. The number of amides is 4. The number of carbonyl (C=O) groups excluding carboxylic acids is 3. The Morgan fingerprint density at radius 1 is 0.896 bits per heavy atom. The van der Waals surface area contributed by atoms with Crippen molar-refractivity contribution in [3.63, 3.8) is 0 Å². The molecule has 4 amide bonds. The number of hydrogen-bond acceptors (Lipinski definition) is 8. The Morgan fingerprint density at radius 2 is 1.48 bits per heavy atom. The predicted molar refractivity (Wildman–Crippen MR) is 176 cm³/mol. The molecule has 17 heteroatoms. The third-order valence-corrected chi connectivity index (χ3v) is 7.63. The van der Waals surface area contributed by atoms with Crippen molar-refractivity contribution >= 4 is 43.0 Å². The van der Waals surface area contributed by atoms with Gasteiger partial charge < -0.3 is 30.5 Å². The summed E-state index contributed by atoms with van der Waals surface area (Å²) < 4.78 is 15.7. The predicted octanol–water partition coefficient (Wildman–Crippen LogP) is 4.36. The highest BCUT2D eigenvalue weighted by atomic mass is 31.2. The van der Waals surface area contributed by atoms with E-state index in [4.69, 9.17) is 9.79 Å².